The van der Waals surface area contributed by atoms with E-state index in [0.717, 1.165) is 24.1 Å². The first-order valence-corrected chi connectivity index (χ1v) is 8.34. The van der Waals surface area contributed by atoms with Gasteiger partial charge in [0, 0.05) is 18.7 Å². The van der Waals surface area contributed by atoms with Gasteiger partial charge in [0.15, 0.2) is 0 Å². The maximum atomic E-state index is 12.4. The van der Waals surface area contributed by atoms with Crippen LogP contribution in [0.4, 0.5) is 5.69 Å². The molecule has 2 amide bonds. The summed E-state index contributed by atoms with van der Waals surface area (Å²) < 4.78 is 0. The van der Waals surface area contributed by atoms with E-state index in [9.17, 15) is 19.5 Å². The zero-order valence-electron chi connectivity index (χ0n) is 13.7. The van der Waals surface area contributed by atoms with Gasteiger partial charge in [-0.25, -0.2) is 4.79 Å². The number of anilines is 1. The van der Waals surface area contributed by atoms with Gasteiger partial charge >= 0.3 is 5.97 Å². The van der Waals surface area contributed by atoms with Crippen LogP contribution in [-0.2, 0) is 14.4 Å². The molecule has 2 fully saturated rings. The van der Waals surface area contributed by atoms with Crippen LogP contribution in [-0.4, -0.2) is 35.5 Å². The lowest BCUT2D eigenvalue weighted by atomic mass is 10.1. The van der Waals surface area contributed by atoms with Crippen LogP contribution in [0, 0.1) is 18.8 Å². The predicted octanol–water partition coefficient (Wildman–Crippen LogP) is 1.72. The molecule has 0 aromatic heterocycles. The van der Waals surface area contributed by atoms with Crippen LogP contribution < -0.4 is 10.2 Å². The topological polar surface area (TPSA) is 86.7 Å². The average molecular weight is 330 g/mol. The van der Waals surface area contributed by atoms with Gasteiger partial charge in [0.1, 0.15) is 6.04 Å². The van der Waals surface area contributed by atoms with Crippen molar-refractivity contribution in [2.75, 3.05) is 11.4 Å². The van der Waals surface area contributed by atoms with E-state index in [-0.39, 0.29) is 18.2 Å². The lowest BCUT2D eigenvalue weighted by Crippen LogP contribution is -2.44. The summed E-state index contributed by atoms with van der Waals surface area (Å²) in [5.41, 5.74) is 1.87. The monoisotopic (exact) mass is 330 g/mol. The summed E-state index contributed by atoms with van der Waals surface area (Å²) in [6.07, 6.45) is 2.66. The second-order valence-electron chi connectivity index (χ2n) is 6.82. The van der Waals surface area contributed by atoms with Gasteiger partial charge in [-0.1, -0.05) is 30.5 Å². The third kappa shape index (κ3) is 3.75. The van der Waals surface area contributed by atoms with Crippen LogP contribution in [0.1, 0.15) is 31.2 Å². The van der Waals surface area contributed by atoms with Crippen molar-refractivity contribution in [2.45, 2.75) is 38.6 Å². The van der Waals surface area contributed by atoms with Gasteiger partial charge < -0.3 is 15.3 Å². The Morgan fingerprint density at radius 1 is 1.29 bits per heavy atom. The number of carbonyl (C=O) groups excluding carboxylic acids is 2. The van der Waals surface area contributed by atoms with Crippen LogP contribution in [0.5, 0.6) is 0 Å². The van der Waals surface area contributed by atoms with E-state index in [1.807, 2.05) is 31.2 Å². The predicted molar refractivity (Wildman–Crippen MR) is 88.5 cm³/mol. The first-order valence-electron chi connectivity index (χ1n) is 8.34. The summed E-state index contributed by atoms with van der Waals surface area (Å²) in [5.74, 6) is -1.55. The first kappa shape index (κ1) is 16.5. The van der Waals surface area contributed by atoms with Crippen molar-refractivity contribution in [3.63, 3.8) is 0 Å². The molecule has 6 heteroatoms. The Bertz CT molecular complexity index is 651. The third-order valence-electron chi connectivity index (χ3n) is 4.72. The highest BCUT2D eigenvalue weighted by molar-refractivity contribution is 6.00. The van der Waals surface area contributed by atoms with Crippen molar-refractivity contribution in [1.82, 2.24) is 5.32 Å². The van der Waals surface area contributed by atoms with Gasteiger partial charge in [-0.2, -0.15) is 0 Å². The van der Waals surface area contributed by atoms with E-state index in [0.29, 0.717) is 18.9 Å². The number of nitrogens with zero attached hydrogens (tertiary/aromatic N) is 1. The number of nitrogens with one attached hydrogen (secondary N) is 1. The van der Waals surface area contributed by atoms with Gasteiger partial charge in [0.25, 0.3) is 0 Å². The van der Waals surface area contributed by atoms with Gasteiger partial charge in [0.05, 0.1) is 5.92 Å². The lowest BCUT2D eigenvalue weighted by Gasteiger charge is -2.18. The summed E-state index contributed by atoms with van der Waals surface area (Å²) in [7, 11) is 0. The second-order valence-corrected chi connectivity index (χ2v) is 6.82. The van der Waals surface area contributed by atoms with E-state index >= 15 is 0 Å². The third-order valence-corrected chi connectivity index (χ3v) is 4.72. The Kier molecular flexibility index (Phi) is 4.55. The molecule has 1 heterocycles. The van der Waals surface area contributed by atoms with Crippen LogP contribution >= 0.6 is 0 Å². The normalized spacial score (nSPS) is 21.6. The number of carbonyl (C=O) groups is 3. The molecule has 1 aromatic rings. The number of carboxylic acid groups (broad SMARTS) is 1. The first-order chi connectivity index (χ1) is 11.4. The molecule has 1 saturated carbocycles. The molecule has 0 radical (unpaired) electrons. The number of aryl methyl sites for hydroxylation is 1. The summed E-state index contributed by atoms with van der Waals surface area (Å²) >= 11 is 0. The van der Waals surface area contributed by atoms with E-state index < -0.39 is 17.9 Å². The fourth-order valence-electron chi connectivity index (χ4n) is 3.06. The van der Waals surface area contributed by atoms with Gasteiger partial charge in [-0.05, 0) is 31.4 Å². The lowest BCUT2D eigenvalue weighted by molar-refractivity contribution is -0.142. The maximum Gasteiger partial charge on any atom is 0.326 e. The van der Waals surface area contributed by atoms with Crippen molar-refractivity contribution >= 4 is 23.5 Å². The minimum absolute atomic E-state index is 0.104. The van der Waals surface area contributed by atoms with Crippen molar-refractivity contribution in [3.05, 3.63) is 29.8 Å². The molecule has 1 aliphatic heterocycles. The molecule has 2 N–H and O–H groups in total. The van der Waals surface area contributed by atoms with Crippen molar-refractivity contribution < 1.29 is 19.5 Å². The van der Waals surface area contributed by atoms with E-state index in [4.69, 9.17) is 0 Å². The zero-order chi connectivity index (χ0) is 17.3. The van der Waals surface area contributed by atoms with Crippen LogP contribution in [0.2, 0.25) is 0 Å². The minimum Gasteiger partial charge on any atom is -0.480 e. The van der Waals surface area contributed by atoms with Crippen LogP contribution in [0.3, 0.4) is 0 Å². The Morgan fingerprint density at radius 2 is 1.96 bits per heavy atom. The molecule has 128 valence electrons. The number of amides is 2. The summed E-state index contributed by atoms with van der Waals surface area (Å²) in [4.78, 5) is 37.5. The molecule has 1 saturated heterocycles. The number of hydrogen-bond acceptors (Lipinski definition) is 3. The molecular weight excluding hydrogens is 308 g/mol. The molecule has 0 spiro atoms. The highest BCUT2D eigenvalue weighted by Gasteiger charge is 2.37. The zero-order valence-corrected chi connectivity index (χ0v) is 13.7. The summed E-state index contributed by atoms with van der Waals surface area (Å²) in [6, 6.07) is 6.72. The Hall–Kier alpha value is -2.37. The average Bonchev–Trinajstić information content (AvgIpc) is 3.27. The fraction of sp³-hybridized carbons (Fsp3) is 0.500. The van der Waals surface area contributed by atoms with Crippen molar-refractivity contribution in [3.8, 4) is 0 Å². The Morgan fingerprint density at radius 3 is 2.54 bits per heavy atom. The highest BCUT2D eigenvalue weighted by atomic mass is 16.4. The standard InChI is InChI=1S/C18H22N2O4/c1-11-2-6-14(7-3-11)20-10-13(9-16(20)21)17(22)19-15(18(23)24)8-12-4-5-12/h2-3,6-7,12-13,15H,4-5,8-10H2,1H3,(H,19,22)(H,23,24). The molecule has 24 heavy (non-hydrogen) atoms. The molecule has 2 atom stereocenters. The molecular formula is C18H22N2O4. The molecule has 6 nitrogen and oxygen atoms in total. The molecule has 2 unspecified atom stereocenters. The van der Waals surface area contributed by atoms with Crippen molar-refractivity contribution in [2.24, 2.45) is 11.8 Å². The van der Waals surface area contributed by atoms with E-state index in [1.165, 1.54) is 0 Å². The van der Waals surface area contributed by atoms with Crippen LogP contribution in [0.25, 0.3) is 0 Å². The molecule has 0 bridgehead atoms. The van der Waals surface area contributed by atoms with Gasteiger partial charge in [0.2, 0.25) is 11.8 Å². The molecule has 1 aliphatic carbocycles. The maximum absolute atomic E-state index is 12.4. The fourth-order valence-corrected chi connectivity index (χ4v) is 3.06. The molecule has 2 aliphatic rings. The number of hydrogen-bond donors (Lipinski definition) is 2. The molecule has 3 rings (SSSR count). The Balaban J connectivity index is 1.62. The summed E-state index contributed by atoms with van der Waals surface area (Å²) in [6.45, 7) is 2.27. The Labute approximate surface area is 140 Å². The molecule has 1 aromatic carbocycles. The minimum atomic E-state index is -1.00. The number of benzene rings is 1. The number of rotatable bonds is 6. The van der Waals surface area contributed by atoms with Crippen LogP contribution in [0.15, 0.2) is 24.3 Å². The smallest absolute Gasteiger partial charge is 0.326 e. The van der Waals surface area contributed by atoms with Gasteiger partial charge in [-0.3, -0.25) is 9.59 Å². The highest BCUT2D eigenvalue weighted by Crippen LogP contribution is 2.33. The van der Waals surface area contributed by atoms with E-state index in [1.54, 1.807) is 4.90 Å². The number of carboxylic acids is 1. The summed E-state index contributed by atoms with van der Waals surface area (Å²) in [5, 5.41) is 11.9. The second kappa shape index (κ2) is 6.63. The van der Waals surface area contributed by atoms with Crippen molar-refractivity contribution in [1.29, 1.82) is 0 Å². The SMILES string of the molecule is Cc1ccc(N2CC(C(=O)NC(CC3CC3)C(=O)O)CC2=O)cc1. The largest absolute Gasteiger partial charge is 0.480 e. The van der Waals surface area contributed by atoms with E-state index in [2.05, 4.69) is 5.32 Å². The number of aliphatic carboxylic acids is 1. The quantitative estimate of drug-likeness (QED) is 0.831. The van der Waals surface area contributed by atoms with Gasteiger partial charge in [-0.15, -0.1) is 0 Å².